The number of aliphatic imine (C=N–C) groups is 1. The molecule has 2 aliphatic rings. The summed E-state index contributed by atoms with van der Waals surface area (Å²) in [4.78, 5) is 4.62. The first kappa shape index (κ1) is 18.5. The minimum atomic E-state index is -0.116. The van der Waals surface area contributed by atoms with Gasteiger partial charge in [0.1, 0.15) is 0 Å². The largest absolute Gasteiger partial charge is 0.393 e. The zero-order valence-corrected chi connectivity index (χ0v) is 14.4. The molecule has 3 N–H and O–H groups in total. The summed E-state index contributed by atoms with van der Waals surface area (Å²) in [7, 11) is 0. The topological polar surface area (TPSA) is 75.1 Å². The Hall–Kier alpha value is -0.850. The van der Waals surface area contributed by atoms with Crippen LogP contribution in [0.15, 0.2) is 4.99 Å². The number of rotatable bonds is 8. The summed E-state index contributed by atoms with van der Waals surface area (Å²) in [6.07, 6.45) is 5.74. The average Bonchev–Trinajstić information content (AvgIpc) is 3.06. The Morgan fingerprint density at radius 1 is 1.26 bits per heavy atom. The molecule has 0 aromatic rings. The number of aliphatic hydroxyl groups excluding tert-OH is 1. The van der Waals surface area contributed by atoms with Crippen LogP contribution in [0.25, 0.3) is 0 Å². The molecule has 1 aliphatic heterocycles. The predicted octanol–water partition coefficient (Wildman–Crippen LogP) is 1.29. The lowest BCUT2D eigenvalue weighted by molar-refractivity contribution is 0.0893. The first-order valence-corrected chi connectivity index (χ1v) is 9.16. The summed E-state index contributed by atoms with van der Waals surface area (Å²) in [6.45, 7) is 7.01. The number of nitrogens with zero attached hydrogens (tertiary/aromatic N) is 1. The van der Waals surface area contributed by atoms with E-state index in [4.69, 9.17) is 9.47 Å². The average molecular weight is 327 g/mol. The van der Waals surface area contributed by atoms with E-state index in [-0.39, 0.29) is 6.10 Å². The molecule has 0 spiro atoms. The quantitative estimate of drug-likeness (QED) is 0.356. The highest BCUT2D eigenvalue weighted by atomic mass is 16.5. The van der Waals surface area contributed by atoms with E-state index in [9.17, 15) is 5.11 Å². The van der Waals surface area contributed by atoms with E-state index in [1.807, 2.05) is 0 Å². The van der Waals surface area contributed by atoms with Gasteiger partial charge in [-0.05, 0) is 45.4 Å². The molecular formula is C17H33N3O3. The van der Waals surface area contributed by atoms with Gasteiger partial charge in [0.05, 0.1) is 19.3 Å². The van der Waals surface area contributed by atoms with E-state index in [0.717, 1.165) is 84.0 Å². The fourth-order valence-electron chi connectivity index (χ4n) is 3.06. The Morgan fingerprint density at radius 3 is 2.78 bits per heavy atom. The van der Waals surface area contributed by atoms with Gasteiger partial charge in [0.25, 0.3) is 0 Å². The molecule has 0 amide bonds. The van der Waals surface area contributed by atoms with Gasteiger partial charge >= 0.3 is 0 Å². The molecule has 2 fully saturated rings. The van der Waals surface area contributed by atoms with Gasteiger partial charge in [-0.3, -0.25) is 4.99 Å². The van der Waals surface area contributed by atoms with Crippen molar-refractivity contribution in [2.24, 2.45) is 10.9 Å². The third kappa shape index (κ3) is 7.50. The van der Waals surface area contributed by atoms with Crippen molar-refractivity contribution in [1.82, 2.24) is 10.6 Å². The lowest BCUT2D eigenvalue weighted by atomic mass is 9.93. The van der Waals surface area contributed by atoms with Crippen LogP contribution in [-0.4, -0.2) is 62.7 Å². The molecule has 2 rings (SSSR count). The van der Waals surface area contributed by atoms with E-state index in [0.29, 0.717) is 12.0 Å². The molecule has 1 saturated heterocycles. The summed E-state index contributed by atoms with van der Waals surface area (Å²) >= 11 is 0. The first-order chi connectivity index (χ1) is 11.3. The minimum Gasteiger partial charge on any atom is -0.393 e. The lowest BCUT2D eigenvalue weighted by Gasteiger charge is -2.27. The summed E-state index contributed by atoms with van der Waals surface area (Å²) in [5.41, 5.74) is 0. The number of nitrogens with one attached hydrogen (secondary N) is 2. The van der Waals surface area contributed by atoms with Crippen LogP contribution >= 0.6 is 0 Å². The Morgan fingerprint density at radius 2 is 2.09 bits per heavy atom. The summed E-state index contributed by atoms with van der Waals surface area (Å²) < 4.78 is 11.0. The monoisotopic (exact) mass is 327 g/mol. The van der Waals surface area contributed by atoms with E-state index in [1.165, 1.54) is 0 Å². The highest BCUT2D eigenvalue weighted by Gasteiger charge is 2.20. The van der Waals surface area contributed by atoms with Gasteiger partial charge in [-0.15, -0.1) is 0 Å². The van der Waals surface area contributed by atoms with Gasteiger partial charge in [0, 0.05) is 38.3 Å². The molecule has 1 unspecified atom stereocenters. The second-order valence-electron chi connectivity index (χ2n) is 6.57. The minimum absolute atomic E-state index is 0.116. The van der Waals surface area contributed by atoms with Crippen LogP contribution in [-0.2, 0) is 9.47 Å². The van der Waals surface area contributed by atoms with Gasteiger partial charge in [-0.1, -0.05) is 0 Å². The number of ether oxygens (including phenoxy) is 2. The Kier molecular flexibility index (Phi) is 8.71. The molecule has 1 saturated carbocycles. The molecule has 0 aromatic carbocycles. The van der Waals surface area contributed by atoms with Crippen molar-refractivity contribution >= 4 is 5.96 Å². The van der Waals surface area contributed by atoms with Crippen molar-refractivity contribution in [3.63, 3.8) is 0 Å². The molecule has 134 valence electrons. The second-order valence-corrected chi connectivity index (χ2v) is 6.57. The maximum atomic E-state index is 9.57. The van der Waals surface area contributed by atoms with Crippen LogP contribution in [0.2, 0.25) is 0 Å². The standard InChI is InChI=1S/C17H33N3O3/c1-2-18-17(20-15-4-6-16(21)7-5-15)19-9-3-10-22-12-14-8-11-23-13-14/h14-16,21H,2-13H2,1H3,(H2,18,19,20). The van der Waals surface area contributed by atoms with Crippen molar-refractivity contribution in [1.29, 1.82) is 0 Å². The van der Waals surface area contributed by atoms with E-state index in [2.05, 4.69) is 22.5 Å². The maximum absolute atomic E-state index is 9.57. The first-order valence-electron chi connectivity index (χ1n) is 9.16. The number of hydrogen-bond acceptors (Lipinski definition) is 4. The van der Waals surface area contributed by atoms with Gasteiger partial charge in [-0.25, -0.2) is 0 Å². The molecule has 0 aromatic heterocycles. The summed E-state index contributed by atoms with van der Waals surface area (Å²) in [6, 6.07) is 0.426. The summed E-state index contributed by atoms with van der Waals surface area (Å²) in [5, 5.41) is 16.4. The molecule has 0 radical (unpaired) electrons. The highest BCUT2D eigenvalue weighted by molar-refractivity contribution is 5.80. The number of guanidine groups is 1. The fraction of sp³-hybridized carbons (Fsp3) is 0.941. The van der Waals surface area contributed by atoms with Crippen molar-refractivity contribution < 1.29 is 14.6 Å². The van der Waals surface area contributed by atoms with Gasteiger partial charge in [0.15, 0.2) is 5.96 Å². The molecule has 6 nitrogen and oxygen atoms in total. The van der Waals surface area contributed by atoms with E-state index < -0.39 is 0 Å². The molecule has 1 heterocycles. The van der Waals surface area contributed by atoms with Crippen LogP contribution in [0.1, 0.15) is 45.4 Å². The zero-order valence-electron chi connectivity index (χ0n) is 14.4. The van der Waals surface area contributed by atoms with Crippen LogP contribution in [0.4, 0.5) is 0 Å². The van der Waals surface area contributed by atoms with E-state index >= 15 is 0 Å². The smallest absolute Gasteiger partial charge is 0.191 e. The SMILES string of the molecule is CCNC(=NCCCOCC1CCOC1)NC1CCC(O)CC1. The van der Waals surface area contributed by atoms with Crippen molar-refractivity contribution in [3.8, 4) is 0 Å². The van der Waals surface area contributed by atoms with Crippen LogP contribution in [0.5, 0.6) is 0 Å². The number of aliphatic hydroxyl groups is 1. The normalized spacial score (nSPS) is 28.8. The molecule has 1 aliphatic carbocycles. The Balaban J connectivity index is 1.58. The van der Waals surface area contributed by atoms with Gasteiger partial charge in [-0.2, -0.15) is 0 Å². The highest BCUT2D eigenvalue weighted by Crippen LogP contribution is 2.18. The third-order valence-corrected chi connectivity index (χ3v) is 4.48. The predicted molar refractivity (Wildman–Crippen MR) is 91.7 cm³/mol. The van der Waals surface area contributed by atoms with Crippen LogP contribution in [0, 0.1) is 5.92 Å². The van der Waals surface area contributed by atoms with Crippen LogP contribution in [0.3, 0.4) is 0 Å². The maximum Gasteiger partial charge on any atom is 0.191 e. The lowest BCUT2D eigenvalue weighted by Crippen LogP contribution is -2.45. The van der Waals surface area contributed by atoms with E-state index in [1.54, 1.807) is 0 Å². The molecule has 23 heavy (non-hydrogen) atoms. The van der Waals surface area contributed by atoms with Gasteiger partial charge < -0.3 is 25.2 Å². The summed E-state index contributed by atoms with van der Waals surface area (Å²) in [5.74, 6) is 1.47. The second kappa shape index (κ2) is 10.8. The molecule has 1 atom stereocenters. The van der Waals surface area contributed by atoms with Gasteiger partial charge in [0.2, 0.25) is 0 Å². The Bertz CT molecular complexity index is 338. The molecular weight excluding hydrogens is 294 g/mol. The fourth-order valence-corrected chi connectivity index (χ4v) is 3.06. The molecule has 6 heteroatoms. The van der Waals surface area contributed by atoms with Crippen LogP contribution < -0.4 is 10.6 Å². The van der Waals surface area contributed by atoms with Crippen molar-refractivity contribution in [2.45, 2.75) is 57.6 Å². The zero-order chi connectivity index (χ0) is 16.3. The molecule has 0 bridgehead atoms. The third-order valence-electron chi connectivity index (χ3n) is 4.48. The van der Waals surface area contributed by atoms with Crippen molar-refractivity contribution in [2.75, 3.05) is 39.5 Å². The Labute approximate surface area is 140 Å². The van der Waals surface area contributed by atoms with Crippen molar-refractivity contribution in [3.05, 3.63) is 0 Å². The number of hydrogen-bond donors (Lipinski definition) is 3.